The Balaban J connectivity index is 2.12. The van der Waals surface area contributed by atoms with Crippen molar-refractivity contribution in [2.24, 2.45) is 11.8 Å². The number of ketones is 1. The topological polar surface area (TPSA) is 111 Å². The molecular weight excluding hydrogens is 470 g/mol. The number of thioether (sulfide) groups is 1. The van der Waals surface area contributed by atoms with Crippen LogP contribution in [0.5, 0.6) is 11.5 Å². The number of rotatable bonds is 9. The number of Topliss-reactive ketones (excluding diaryl/α,β-unsaturated/α-hetero) is 1. The first-order chi connectivity index (χ1) is 16.7. The Morgan fingerprint density at radius 3 is 2.66 bits per heavy atom. The quantitative estimate of drug-likeness (QED) is 0.296. The van der Waals surface area contributed by atoms with Crippen molar-refractivity contribution in [1.29, 1.82) is 0 Å². The van der Waals surface area contributed by atoms with Crippen LogP contribution < -0.4 is 10.1 Å². The number of hydrogen-bond donors (Lipinski definition) is 2. The van der Waals surface area contributed by atoms with Crippen molar-refractivity contribution in [2.75, 3.05) is 31.8 Å². The second-order valence-corrected chi connectivity index (χ2v) is 9.92. The molecule has 1 heterocycles. The first-order valence-electron chi connectivity index (χ1n) is 11.8. The predicted molar refractivity (Wildman–Crippen MR) is 133 cm³/mol. The summed E-state index contributed by atoms with van der Waals surface area (Å²) < 4.78 is 16.1. The first-order valence-corrected chi connectivity index (χ1v) is 12.9. The zero-order valence-corrected chi connectivity index (χ0v) is 21.6. The number of carbonyl (C=O) groups is 3. The van der Waals surface area contributed by atoms with Crippen LogP contribution in [0.1, 0.15) is 45.6 Å². The van der Waals surface area contributed by atoms with Crippen LogP contribution >= 0.6 is 11.8 Å². The van der Waals surface area contributed by atoms with Crippen LogP contribution in [0.25, 0.3) is 0 Å². The van der Waals surface area contributed by atoms with Crippen molar-refractivity contribution in [2.45, 2.75) is 40.0 Å². The number of nitrogens with one attached hydrogen (secondary N) is 1. The van der Waals surface area contributed by atoms with Gasteiger partial charge in [0.05, 0.1) is 19.3 Å². The maximum absolute atomic E-state index is 13.7. The molecule has 1 aliphatic heterocycles. The molecule has 0 spiro atoms. The van der Waals surface area contributed by atoms with Gasteiger partial charge in [-0.25, -0.2) is 4.79 Å². The lowest BCUT2D eigenvalue weighted by molar-refractivity contribution is -0.151. The van der Waals surface area contributed by atoms with E-state index in [1.54, 1.807) is 37.7 Å². The zero-order valence-electron chi connectivity index (χ0n) is 20.8. The van der Waals surface area contributed by atoms with Gasteiger partial charge in [-0.1, -0.05) is 19.9 Å². The molecule has 35 heavy (non-hydrogen) atoms. The summed E-state index contributed by atoms with van der Waals surface area (Å²) in [4.78, 5) is 39.6. The third-order valence-electron chi connectivity index (χ3n) is 6.24. The highest BCUT2D eigenvalue weighted by molar-refractivity contribution is 7.99. The van der Waals surface area contributed by atoms with Gasteiger partial charge in [0.15, 0.2) is 17.3 Å². The minimum absolute atomic E-state index is 0.0452. The number of phenols is 1. The van der Waals surface area contributed by atoms with Crippen LogP contribution in [0.3, 0.4) is 0 Å². The largest absolute Gasteiger partial charge is 0.504 e. The summed E-state index contributed by atoms with van der Waals surface area (Å²) in [7, 11) is 1.26. The summed E-state index contributed by atoms with van der Waals surface area (Å²) in [5.41, 5.74) is 2.48. The molecule has 0 bridgehead atoms. The minimum atomic E-state index is -0.969. The molecule has 1 aromatic carbocycles. The maximum atomic E-state index is 13.7. The van der Waals surface area contributed by atoms with Crippen LogP contribution in [0.2, 0.25) is 0 Å². The van der Waals surface area contributed by atoms with E-state index in [-0.39, 0.29) is 29.8 Å². The first kappa shape index (κ1) is 26.7. The van der Waals surface area contributed by atoms with Crippen LogP contribution in [0.4, 0.5) is 0 Å². The van der Waals surface area contributed by atoms with Crippen LogP contribution in [0, 0.1) is 11.8 Å². The second-order valence-electron chi connectivity index (χ2n) is 8.53. The Kier molecular flexibility index (Phi) is 8.88. The summed E-state index contributed by atoms with van der Waals surface area (Å²) in [6.07, 6.45) is 0.445. The van der Waals surface area contributed by atoms with E-state index in [9.17, 15) is 19.5 Å². The van der Waals surface area contributed by atoms with Crippen LogP contribution in [0.15, 0.2) is 40.7 Å². The Morgan fingerprint density at radius 1 is 1.26 bits per heavy atom. The summed E-state index contributed by atoms with van der Waals surface area (Å²) in [5, 5.41) is 13.5. The van der Waals surface area contributed by atoms with Crippen LogP contribution in [-0.4, -0.2) is 54.7 Å². The van der Waals surface area contributed by atoms with Gasteiger partial charge in [0.2, 0.25) is 0 Å². The molecule has 3 unspecified atom stereocenters. The standard InChI is InChI=1S/C26H33NO7S/c1-6-33-19-13-16(8-9-18(19)28)22-21(26(31)34-10-11-35-7-2)15(4)27-17-12-14(3)20(25(30)32-5)24(29)23(17)22/h8-9,13-14,20,22,27-28H,6-7,10-12H2,1-5H3. The Morgan fingerprint density at radius 2 is 2.00 bits per heavy atom. The number of methoxy groups -OCH3 is 1. The number of dihydropyridines is 1. The van der Waals surface area contributed by atoms with Crippen molar-refractivity contribution in [3.63, 3.8) is 0 Å². The number of phenolic OH excluding ortho intramolecular Hbond substituents is 1. The van der Waals surface area contributed by atoms with Gasteiger partial charge in [0.25, 0.3) is 0 Å². The lowest BCUT2D eigenvalue weighted by atomic mass is 9.69. The molecule has 1 aromatic rings. The number of aromatic hydroxyl groups is 1. The normalized spacial score (nSPS) is 21.9. The number of hydrogen-bond acceptors (Lipinski definition) is 9. The highest BCUT2D eigenvalue weighted by atomic mass is 32.2. The third kappa shape index (κ3) is 5.50. The summed E-state index contributed by atoms with van der Waals surface area (Å²) in [6.45, 7) is 8.01. The van der Waals surface area contributed by atoms with Crippen molar-refractivity contribution in [3.05, 3.63) is 46.3 Å². The number of esters is 2. The Hall–Kier alpha value is -2.94. The van der Waals surface area contributed by atoms with Gasteiger partial charge < -0.3 is 24.6 Å². The zero-order chi connectivity index (χ0) is 25.7. The lowest BCUT2D eigenvalue weighted by Gasteiger charge is -2.38. The molecule has 0 fully saturated rings. The van der Waals surface area contributed by atoms with E-state index < -0.39 is 23.8 Å². The van der Waals surface area contributed by atoms with Gasteiger partial charge in [0, 0.05) is 28.6 Å². The van der Waals surface area contributed by atoms with Gasteiger partial charge in [-0.05, 0) is 49.6 Å². The van der Waals surface area contributed by atoms with Crippen molar-refractivity contribution < 1.29 is 33.7 Å². The molecule has 3 atom stereocenters. The highest BCUT2D eigenvalue weighted by Gasteiger charge is 2.47. The molecule has 190 valence electrons. The maximum Gasteiger partial charge on any atom is 0.336 e. The van der Waals surface area contributed by atoms with Crippen molar-refractivity contribution >= 4 is 29.5 Å². The molecule has 1 aliphatic carbocycles. The molecule has 0 saturated heterocycles. The van der Waals surface area contributed by atoms with E-state index in [0.717, 1.165) is 5.75 Å². The van der Waals surface area contributed by atoms with E-state index in [0.29, 0.717) is 46.9 Å². The number of benzene rings is 1. The van der Waals surface area contributed by atoms with Gasteiger partial charge in [-0.2, -0.15) is 11.8 Å². The van der Waals surface area contributed by atoms with E-state index in [1.165, 1.54) is 13.2 Å². The summed E-state index contributed by atoms with van der Waals surface area (Å²) in [5.74, 6) is -1.76. The average molecular weight is 504 g/mol. The summed E-state index contributed by atoms with van der Waals surface area (Å²) >= 11 is 1.66. The monoisotopic (exact) mass is 503 g/mol. The summed E-state index contributed by atoms with van der Waals surface area (Å²) in [6, 6.07) is 4.77. The molecule has 3 rings (SSSR count). The van der Waals surface area contributed by atoms with Gasteiger partial charge in [0.1, 0.15) is 12.5 Å². The van der Waals surface area contributed by atoms with Crippen LogP contribution in [-0.2, 0) is 23.9 Å². The van der Waals surface area contributed by atoms with Crippen molar-refractivity contribution in [3.8, 4) is 11.5 Å². The van der Waals surface area contributed by atoms with Gasteiger partial charge in [-0.3, -0.25) is 9.59 Å². The lowest BCUT2D eigenvalue weighted by Crippen LogP contribution is -2.43. The molecule has 9 heteroatoms. The smallest absolute Gasteiger partial charge is 0.336 e. The average Bonchev–Trinajstić information content (AvgIpc) is 2.82. The SMILES string of the molecule is CCOc1cc(C2C(C(=O)OCCSCC)=C(C)NC3=C2C(=O)C(C(=O)OC)C(C)C3)ccc1O. The molecule has 8 nitrogen and oxygen atoms in total. The molecule has 2 aliphatic rings. The Bertz CT molecular complexity index is 1060. The molecule has 0 saturated carbocycles. The Labute approximate surface area is 210 Å². The van der Waals surface area contributed by atoms with E-state index in [1.807, 2.05) is 13.8 Å². The predicted octanol–water partition coefficient (Wildman–Crippen LogP) is 3.70. The van der Waals surface area contributed by atoms with Crippen molar-refractivity contribution in [1.82, 2.24) is 5.32 Å². The van der Waals surface area contributed by atoms with E-state index >= 15 is 0 Å². The second kappa shape index (κ2) is 11.7. The van der Waals surface area contributed by atoms with Gasteiger partial charge >= 0.3 is 11.9 Å². The molecule has 0 radical (unpaired) electrons. The molecular formula is C26H33NO7S. The van der Waals surface area contributed by atoms with Gasteiger partial charge in [-0.15, -0.1) is 0 Å². The molecule has 2 N–H and O–H groups in total. The fraction of sp³-hybridized carbons (Fsp3) is 0.500. The fourth-order valence-corrected chi connectivity index (χ4v) is 5.17. The fourth-order valence-electron chi connectivity index (χ4n) is 4.68. The molecule has 0 amide bonds. The minimum Gasteiger partial charge on any atom is -0.504 e. The van der Waals surface area contributed by atoms with E-state index in [2.05, 4.69) is 5.32 Å². The van der Waals surface area contributed by atoms with E-state index in [4.69, 9.17) is 14.2 Å². The number of allylic oxidation sites excluding steroid dienone is 3. The number of ether oxygens (including phenoxy) is 3. The molecule has 0 aromatic heterocycles. The number of carbonyl (C=O) groups excluding carboxylic acids is 3. The highest BCUT2D eigenvalue weighted by Crippen LogP contribution is 2.46. The third-order valence-corrected chi connectivity index (χ3v) is 7.11.